The van der Waals surface area contributed by atoms with Gasteiger partial charge in [-0.15, -0.1) is 0 Å². The van der Waals surface area contributed by atoms with Gasteiger partial charge in [0.05, 0.1) is 22.1 Å². The first-order valence-electron chi connectivity index (χ1n) is 15.1. The Morgan fingerprint density at radius 1 is 0.545 bits per heavy atom. The molecule has 0 saturated carbocycles. The highest BCUT2D eigenvalue weighted by molar-refractivity contribution is 6.12. The Kier molecular flexibility index (Phi) is 5.02. The number of hydrogen-bond donors (Lipinski definition) is 0. The van der Waals surface area contributed by atoms with Crippen molar-refractivity contribution in [1.82, 2.24) is 19.1 Å². The molecule has 0 atom stereocenters. The van der Waals surface area contributed by atoms with Crippen LogP contribution in [0, 0.1) is 13.8 Å². The number of para-hydroxylation sites is 2. The first-order chi connectivity index (χ1) is 21.4. The summed E-state index contributed by atoms with van der Waals surface area (Å²) in [5.74, 6) is 3.49. The van der Waals surface area contributed by atoms with Crippen molar-refractivity contribution in [3.63, 3.8) is 0 Å². The summed E-state index contributed by atoms with van der Waals surface area (Å²) in [7, 11) is 0. The Bertz CT molecular complexity index is 2480. The van der Waals surface area contributed by atoms with E-state index in [4.69, 9.17) is 14.7 Å². The number of aryl methyl sites for hydroxylation is 2. The zero-order valence-electron chi connectivity index (χ0n) is 25.1. The second-order valence-electron chi connectivity index (χ2n) is 12.4. The molecule has 0 fully saturated rings. The van der Waals surface area contributed by atoms with Crippen LogP contribution in [0.3, 0.4) is 0 Å². The zero-order chi connectivity index (χ0) is 29.7. The van der Waals surface area contributed by atoms with Gasteiger partial charge in [0.15, 0.2) is 0 Å². The normalized spacial score (nSPS) is 13.6. The topological polar surface area (TPSA) is 44.9 Å². The minimum Gasteiger partial charge on any atom is -0.457 e. The van der Waals surface area contributed by atoms with Gasteiger partial charge in [-0.1, -0.05) is 62.4 Å². The minimum atomic E-state index is -0.148. The highest BCUT2D eigenvalue weighted by Crippen LogP contribution is 2.47. The summed E-state index contributed by atoms with van der Waals surface area (Å²) < 4.78 is 11.2. The van der Waals surface area contributed by atoms with Gasteiger partial charge in [0.25, 0.3) is 0 Å². The molecule has 0 N–H and O–H groups in total. The quantitative estimate of drug-likeness (QED) is 0.212. The lowest BCUT2D eigenvalue weighted by molar-refractivity contribution is 0.484. The molecule has 1 aliphatic rings. The van der Waals surface area contributed by atoms with Crippen molar-refractivity contribution in [2.45, 2.75) is 33.1 Å². The van der Waals surface area contributed by atoms with E-state index in [1.165, 1.54) is 49.3 Å². The maximum absolute atomic E-state index is 6.65. The van der Waals surface area contributed by atoms with Crippen molar-refractivity contribution < 1.29 is 4.74 Å². The molecule has 0 amide bonds. The highest BCUT2D eigenvalue weighted by Gasteiger charge is 2.35. The van der Waals surface area contributed by atoms with Crippen LogP contribution in [-0.2, 0) is 5.41 Å². The molecule has 5 nitrogen and oxygen atoms in total. The number of aromatic nitrogens is 4. The fourth-order valence-electron chi connectivity index (χ4n) is 7.39. The second-order valence-corrected chi connectivity index (χ2v) is 12.4. The molecular weight excluding hydrogens is 540 g/mol. The summed E-state index contributed by atoms with van der Waals surface area (Å²) in [6.07, 6.45) is 3.75. The Labute approximate surface area is 255 Å². The predicted molar refractivity (Wildman–Crippen MR) is 179 cm³/mol. The van der Waals surface area contributed by atoms with E-state index < -0.39 is 0 Å². The smallest absolute Gasteiger partial charge is 0.141 e. The molecule has 8 aromatic rings. The SMILES string of the molecule is Cc1cccnc1-n1c2cc(Oc3ccc4c5cccc6c5n(c4c3)-c3ncccc3C6(C)C)ccc2c2cccc(C)c21. The number of hydrogen-bond acceptors (Lipinski definition) is 3. The van der Waals surface area contributed by atoms with Gasteiger partial charge < -0.3 is 4.74 Å². The van der Waals surface area contributed by atoms with E-state index in [0.29, 0.717) is 0 Å². The van der Waals surface area contributed by atoms with Crippen molar-refractivity contribution in [3.8, 4) is 23.1 Å². The maximum Gasteiger partial charge on any atom is 0.141 e. The van der Waals surface area contributed by atoms with Gasteiger partial charge in [-0.25, -0.2) is 9.97 Å². The summed E-state index contributed by atoms with van der Waals surface area (Å²) >= 11 is 0. The van der Waals surface area contributed by atoms with Crippen LogP contribution in [0.4, 0.5) is 0 Å². The van der Waals surface area contributed by atoms with Crippen LogP contribution < -0.4 is 4.74 Å². The van der Waals surface area contributed by atoms with Gasteiger partial charge in [-0.2, -0.15) is 0 Å². The fourth-order valence-corrected chi connectivity index (χ4v) is 7.39. The summed E-state index contributed by atoms with van der Waals surface area (Å²) in [4.78, 5) is 9.70. The minimum absolute atomic E-state index is 0.148. The van der Waals surface area contributed by atoms with Crippen molar-refractivity contribution in [2.24, 2.45) is 0 Å². The van der Waals surface area contributed by atoms with Gasteiger partial charge in [0.2, 0.25) is 0 Å². The molecule has 212 valence electrons. The lowest BCUT2D eigenvalue weighted by Crippen LogP contribution is -2.26. The largest absolute Gasteiger partial charge is 0.457 e. The molecule has 0 radical (unpaired) electrons. The molecule has 0 unspecified atom stereocenters. The van der Waals surface area contributed by atoms with E-state index >= 15 is 0 Å². The molecule has 44 heavy (non-hydrogen) atoms. The lowest BCUT2D eigenvalue weighted by atomic mass is 9.76. The first kappa shape index (κ1) is 25.1. The van der Waals surface area contributed by atoms with E-state index in [2.05, 4.69) is 122 Å². The van der Waals surface area contributed by atoms with Gasteiger partial charge in [-0.3, -0.25) is 9.13 Å². The zero-order valence-corrected chi connectivity index (χ0v) is 25.1. The van der Waals surface area contributed by atoms with Gasteiger partial charge in [0, 0.05) is 57.0 Å². The van der Waals surface area contributed by atoms with Crippen LogP contribution in [0.2, 0.25) is 0 Å². The lowest BCUT2D eigenvalue weighted by Gasteiger charge is -2.33. The molecule has 9 rings (SSSR count). The van der Waals surface area contributed by atoms with E-state index in [1.807, 2.05) is 24.5 Å². The Morgan fingerprint density at radius 2 is 1.11 bits per heavy atom. The number of pyridine rings is 2. The van der Waals surface area contributed by atoms with Crippen LogP contribution in [0.15, 0.2) is 109 Å². The summed E-state index contributed by atoms with van der Waals surface area (Å²) in [6.45, 7) is 8.86. The number of benzene rings is 4. The molecular formula is C39H30N4O. The third-order valence-corrected chi connectivity index (χ3v) is 9.50. The molecule has 5 heterocycles. The molecule has 0 aliphatic carbocycles. The third-order valence-electron chi connectivity index (χ3n) is 9.50. The van der Waals surface area contributed by atoms with Gasteiger partial charge in [0.1, 0.15) is 23.1 Å². The van der Waals surface area contributed by atoms with Crippen LogP contribution in [0.25, 0.3) is 55.2 Å². The Hall–Kier alpha value is -5.42. The van der Waals surface area contributed by atoms with E-state index in [0.717, 1.165) is 39.7 Å². The van der Waals surface area contributed by atoms with Crippen LogP contribution in [-0.4, -0.2) is 19.1 Å². The van der Waals surface area contributed by atoms with Crippen molar-refractivity contribution >= 4 is 43.6 Å². The van der Waals surface area contributed by atoms with Gasteiger partial charge >= 0.3 is 0 Å². The molecule has 0 bridgehead atoms. The molecule has 4 aromatic carbocycles. The number of nitrogens with zero attached hydrogens (tertiary/aromatic N) is 4. The monoisotopic (exact) mass is 570 g/mol. The average molecular weight is 571 g/mol. The van der Waals surface area contributed by atoms with E-state index in [-0.39, 0.29) is 5.41 Å². The summed E-state index contributed by atoms with van der Waals surface area (Å²) in [5.41, 5.74) is 9.28. The number of rotatable bonds is 3. The molecule has 5 heteroatoms. The summed E-state index contributed by atoms with van der Waals surface area (Å²) in [5, 5.41) is 4.82. The number of fused-ring (bicyclic) bond motifs is 8. The highest BCUT2D eigenvalue weighted by atomic mass is 16.5. The molecule has 4 aromatic heterocycles. The third kappa shape index (κ3) is 3.29. The van der Waals surface area contributed by atoms with Crippen molar-refractivity contribution in [1.29, 1.82) is 0 Å². The Balaban J connectivity index is 1.24. The van der Waals surface area contributed by atoms with Gasteiger partial charge in [-0.05, 0) is 66.9 Å². The first-order valence-corrected chi connectivity index (χ1v) is 15.1. The van der Waals surface area contributed by atoms with E-state index in [9.17, 15) is 0 Å². The fraction of sp³-hybridized carbons (Fsp3) is 0.128. The van der Waals surface area contributed by atoms with Crippen molar-refractivity contribution in [3.05, 3.63) is 132 Å². The maximum atomic E-state index is 6.65. The van der Waals surface area contributed by atoms with Crippen LogP contribution >= 0.6 is 0 Å². The summed E-state index contributed by atoms with van der Waals surface area (Å²) in [6, 6.07) is 34.3. The second kappa shape index (κ2) is 8.80. The van der Waals surface area contributed by atoms with Crippen LogP contribution in [0.5, 0.6) is 11.5 Å². The average Bonchev–Trinajstić information content (AvgIpc) is 3.54. The van der Waals surface area contributed by atoms with Crippen LogP contribution in [0.1, 0.15) is 36.1 Å². The molecule has 0 saturated heterocycles. The standard InChI is InChI=1S/C39H30N4O/c1-23-9-5-11-29-27-17-15-25(21-33(27)42(35(23)29)37-24(2)10-7-19-40-37)44-26-16-18-28-30-12-6-13-31-36(30)43(34(28)22-26)38-32(39(31,3)4)14-8-20-41-38/h5-22H,1-4H3. The van der Waals surface area contributed by atoms with Crippen molar-refractivity contribution in [2.75, 3.05) is 0 Å². The number of ether oxygens (including phenoxy) is 1. The van der Waals surface area contributed by atoms with E-state index in [1.54, 1.807) is 0 Å². The molecule has 0 spiro atoms. The predicted octanol–water partition coefficient (Wildman–Crippen LogP) is 9.72. The molecule has 1 aliphatic heterocycles. The Morgan fingerprint density at radius 3 is 1.82 bits per heavy atom.